The van der Waals surface area contributed by atoms with Crippen molar-refractivity contribution in [1.29, 1.82) is 0 Å². The maximum atomic E-state index is 5.48. The summed E-state index contributed by atoms with van der Waals surface area (Å²) >= 11 is 0. The van der Waals surface area contributed by atoms with Crippen molar-refractivity contribution >= 4 is 0 Å². The zero-order valence-electron chi connectivity index (χ0n) is 13.2. The first-order valence-electron chi connectivity index (χ1n) is 8.05. The Morgan fingerprint density at radius 2 is 2.05 bits per heavy atom. The van der Waals surface area contributed by atoms with Gasteiger partial charge in [0.2, 0.25) is 0 Å². The number of rotatable bonds is 6. The molecule has 1 aromatic rings. The van der Waals surface area contributed by atoms with Crippen LogP contribution in [0.1, 0.15) is 63.6 Å². The lowest BCUT2D eigenvalue weighted by atomic mass is 9.91. The Morgan fingerprint density at radius 1 is 1.35 bits per heavy atom. The van der Waals surface area contributed by atoms with Gasteiger partial charge in [0, 0.05) is 7.05 Å². The van der Waals surface area contributed by atoms with Crippen LogP contribution in [0.5, 0.6) is 5.75 Å². The predicted octanol–water partition coefficient (Wildman–Crippen LogP) is 3.44. The average molecular weight is 279 g/mol. The molecule has 0 bridgehead atoms. The highest BCUT2D eigenvalue weighted by atomic mass is 16.5. The first kappa shape index (κ1) is 15.4. The molecule has 0 spiro atoms. The lowest BCUT2D eigenvalue weighted by Gasteiger charge is -2.24. The summed E-state index contributed by atoms with van der Waals surface area (Å²) in [6.07, 6.45) is 11.4. The van der Waals surface area contributed by atoms with Crippen molar-refractivity contribution in [3.63, 3.8) is 0 Å². The van der Waals surface area contributed by atoms with Crippen LogP contribution in [0, 0.1) is 5.92 Å². The molecule has 1 saturated carbocycles. The Hall–Kier alpha value is -1.03. The van der Waals surface area contributed by atoms with Gasteiger partial charge in [-0.2, -0.15) is 5.10 Å². The number of hydrogen-bond acceptors (Lipinski definition) is 3. The second-order valence-electron chi connectivity index (χ2n) is 5.93. The summed E-state index contributed by atoms with van der Waals surface area (Å²) in [6, 6.07) is 0.352. The summed E-state index contributed by atoms with van der Waals surface area (Å²) in [7, 11) is 3.74. The highest BCUT2D eigenvalue weighted by molar-refractivity contribution is 5.28. The normalized spacial score (nSPS) is 18.8. The number of nitrogens with zero attached hydrogens (tertiary/aromatic N) is 2. The van der Waals surface area contributed by atoms with E-state index in [2.05, 4.69) is 17.3 Å². The summed E-state index contributed by atoms with van der Waals surface area (Å²) in [5.74, 6) is 1.74. The molecular weight excluding hydrogens is 250 g/mol. The van der Waals surface area contributed by atoms with Crippen LogP contribution >= 0.6 is 0 Å². The zero-order chi connectivity index (χ0) is 14.4. The number of ether oxygens (including phenoxy) is 1. The number of nitrogens with one attached hydrogen (secondary N) is 1. The van der Waals surface area contributed by atoms with E-state index in [0.29, 0.717) is 6.04 Å². The Labute approximate surface area is 122 Å². The minimum Gasteiger partial charge on any atom is -0.493 e. The topological polar surface area (TPSA) is 39.1 Å². The van der Waals surface area contributed by atoms with Crippen molar-refractivity contribution in [3.8, 4) is 5.75 Å². The van der Waals surface area contributed by atoms with Crippen LogP contribution in [0.15, 0.2) is 6.20 Å². The Balaban J connectivity index is 2.11. The van der Waals surface area contributed by atoms with Crippen molar-refractivity contribution in [2.45, 2.75) is 57.9 Å². The van der Waals surface area contributed by atoms with E-state index in [1.54, 1.807) is 7.11 Å². The van der Waals surface area contributed by atoms with Crippen LogP contribution in [0.2, 0.25) is 0 Å². The zero-order valence-corrected chi connectivity index (χ0v) is 13.2. The van der Waals surface area contributed by atoms with Gasteiger partial charge < -0.3 is 10.1 Å². The van der Waals surface area contributed by atoms with Crippen molar-refractivity contribution < 1.29 is 4.74 Å². The van der Waals surface area contributed by atoms with Crippen molar-refractivity contribution in [2.24, 2.45) is 13.0 Å². The van der Waals surface area contributed by atoms with E-state index < -0.39 is 0 Å². The van der Waals surface area contributed by atoms with Crippen molar-refractivity contribution in [3.05, 3.63) is 11.9 Å². The summed E-state index contributed by atoms with van der Waals surface area (Å²) in [4.78, 5) is 0. The Bertz CT molecular complexity index is 394. The van der Waals surface area contributed by atoms with Gasteiger partial charge in [0.25, 0.3) is 0 Å². The molecule has 114 valence electrons. The first-order valence-corrected chi connectivity index (χ1v) is 8.05. The molecule has 0 aliphatic heterocycles. The van der Waals surface area contributed by atoms with Gasteiger partial charge in [-0.3, -0.25) is 4.68 Å². The van der Waals surface area contributed by atoms with Crippen LogP contribution in [-0.4, -0.2) is 23.4 Å². The summed E-state index contributed by atoms with van der Waals surface area (Å²) < 4.78 is 7.45. The van der Waals surface area contributed by atoms with E-state index in [0.717, 1.165) is 18.2 Å². The smallest absolute Gasteiger partial charge is 0.161 e. The molecule has 0 saturated heterocycles. The van der Waals surface area contributed by atoms with Crippen molar-refractivity contribution in [2.75, 3.05) is 13.7 Å². The van der Waals surface area contributed by atoms with E-state index >= 15 is 0 Å². The van der Waals surface area contributed by atoms with Gasteiger partial charge in [0.05, 0.1) is 25.0 Å². The lowest BCUT2D eigenvalue weighted by Crippen LogP contribution is -2.26. The van der Waals surface area contributed by atoms with E-state index in [-0.39, 0.29) is 0 Å². The monoisotopic (exact) mass is 279 g/mol. The maximum Gasteiger partial charge on any atom is 0.161 e. The number of aromatic nitrogens is 2. The molecule has 1 heterocycles. The molecule has 0 amide bonds. The van der Waals surface area contributed by atoms with E-state index in [1.807, 2.05) is 17.9 Å². The molecule has 20 heavy (non-hydrogen) atoms. The minimum atomic E-state index is 0.352. The molecule has 1 fully saturated rings. The van der Waals surface area contributed by atoms with Gasteiger partial charge >= 0.3 is 0 Å². The van der Waals surface area contributed by atoms with Crippen LogP contribution < -0.4 is 10.1 Å². The van der Waals surface area contributed by atoms with E-state index in [1.165, 1.54) is 50.6 Å². The summed E-state index contributed by atoms with van der Waals surface area (Å²) in [6.45, 7) is 3.15. The molecule has 4 heteroatoms. The second-order valence-corrected chi connectivity index (χ2v) is 5.93. The SMILES string of the molecule is CCNC(CC1CCCCCC1)c1c(OC)cnn1C. The highest BCUT2D eigenvalue weighted by Gasteiger charge is 2.24. The van der Waals surface area contributed by atoms with Crippen LogP contribution in [0.3, 0.4) is 0 Å². The van der Waals surface area contributed by atoms with Crippen LogP contribution in [-0.2, 0) is 7.05 Å². The molecular formula is C16H29N3O. The number of methoxy groups -OCH3 is 1. The van der Waals surface area contributed by atoms with Gasteiger partial charge in [-0.1, -0.05) is 45.4 Å². The summed E-state index contributed by atoms with van der Waals surface area (Å²) in [5, 5.41) is 7.98. The van der Waals surface area contributed by atoms with Gasteiger partial charge in [-0.05, 0) is 18.9 Å². The molecule has 0 radical (unpaired) electrons. The fraction of sp³-hybridized carbons (Fsp3) is 0.812. The van der Waals surface area contributed by atoms with E-state index in [4.69, 9.17) is 4.74 Å². The molecule has 1 atom stereocenters. The Morgan fingerprint density at radius 3 is 2.65 bits per heavy atom. The first-order chi connectivity index (χ1) is 9.76. The third-order valence-electron chi connectivity index (χ3n) is 4.49. The Kier molecular flexibility index (Phi) is 5.89. The standard InChI is InChI=1S/C16H29N3O/c1-4-17-14(11-13-9-7-5-6-8-10-13)16-15(20-3)12-18-19(16)2/h12-14,17H,4-11H2,1-3H3. The van der Waals surface area contributed by atoms with Crippen molar-refractivity contribution in [1.82, 2.24) is 15.1 Å². The fourth-order valence-corrected chi connectivity index (χ4v) is 3.45. The fourth-order valence-electron chi connectivity index (χ4n) is 3.45. The molecule has 4 nitrogen and oxygen atoms in total. The number of hydrogen-bond donors (Lipinski definition) is 1. The quantitative estimate of drug-likeness (QED) is 0.811. The van der Waals surface area contributed by atoms with Gasteiger partial charge in [0.1, 0.15) is 0 Å². The lowest BCUT2D eigenvalue weighted by molar-refractivity contribution is 0.336. The molecule has 1 aliphatic carbocycles. The van der Waals surface area contributed by atoms with Gasteiger partial charge in [-0.15, -0.1) is 0 Å². The highest BCUT2D eigenvalue weighted by Crippen LogP contribution is 2.34. The van der Waals surface area contributed by atoms with E-state index in [9.17, 15) is 0 Å². The molecule has 0 aromatic carbocycles. The third kappa shape index (κ3) is 3.75. The van der Waals surface area contributed by atoms with Gasteiger partial charge in [-0.25, -0.2) is 0 Å². The molecule has 1 N–H and O–H groups in total. The van der Waals surface area contributed by atoms with Crippen LogP contribution in [0.25, 0.3) is 0 Å². The summed E-state index contributed by atoms with van der Waals surface area (Å²) in [5.41, 5.74) is 1.19. The molecule has 1 aliphatic rings. The predicted molar refractivity (Wildman–Crippen MR) is 82.0 cm³/mol. The molecule has 2 rings (SSSR count). The number of aryl methyl sites for hydroxylation is 1. The van der Waals surface area contributed by atoms with Crippen LogP contribution in [0.4, 0.5) is 0 Å². The largest absolute Gasteiger partial charge is 0.493 e. The van der Waals surface area contributed by atoms with Gasteiger partial charge in [0.15, 0.2) is 5.75 Å². The average Bonchev–Trinajstić information content (AvgIpc) is 2.64. The second kappa shape index (κ2) is 7.67. The minimum absolute atomic E-state index is 0.352. The maximum absolute atomic E-state index is 5.48. The molecule has 1 unspecified atom stereocenters. The third-order valence-corrected chi connectivity index (χ3v) is 4.49. The molecule has 1 aromatic heterocycles.